The van der Waals surface area contributed by atoms with Crippen LogP contribution in [0.2, 0.25) is 0 Å². The molecule has 1 nitrogen and oxygen atoms in total. The van der Waals surface area contributed by atoms with Crippen molar-refractivity contribution in [1.82, 2.24) is 0 Å². The molecule has 0 spiro atoms. The predicted octanol–water partition coefficient (Wildman–Crippen LogP) is 3.17. The Morgan fingerprint density at radius 2 is 1.57 bits per heavy atom. The molecule has 0 heterocycles. The Morgan fingerprint density at radius 3 is 1.79 bits per heavy atom. The predicted molar refractivity (Wildman–Crippen MR) is 41.2 cm³/mol. The van der Waals surface area contributed by atoms with Gasteiger partial charge in [-0.2, -0.15) is 13.2 Å². The van der Waals surface area contributed by atoms with Crippen LogP contribution in [0.4, 0.5) is 22.0 Å². The largest absolute Gasteiger partial charge is 0.423 e. The van der Waals surface area contributed by atoms with E-state index in [2.05, 4.69) is 11.3 Å². The van der Waals surface area contributed by atoms with Crippen LogP contribution in [0.25, 0.3) is 0 Å². The van der Waals surface area contributed by atoms with Crippen LogP contribution in [0, 0.1) is 0 Å². The molecule has 0 aromatic heterocycles. The van der Waals surface area contributed by atoms with E-state index in [1.165, 1.54) is 0 Å². The third-order valence-electron chi connectivity index (χ3n) is 1.87. The smallest absolute Gasteiger partial charge is 0.356 e. The van der Waals surface area contributed by atoms with E-state index in [9.17, 15) is 22.0 Å². The van der Waals surface area contributed by atoms with Gasteiger partial charge in [-0.1, -0.05) is 6.08 Å². The Labute approximate surface area is 78.5 Å². The van der Waals surface area contributed by atoms with Crippen molar-refractivity contribution in [3.8, 4) is 0 Å². The van der Waals surface area contributed by atoms with Gasteiger partial charge in [0.1, 0.15) is 0 Å². The summed E-state index contributed by atoms with van der Waals surface area (Å²) in [5.74, 6) is -4.01. The van der Waals surface area contributed by atoms with Gasteiger partial charge in [0.2, 0.25) is 5.60 Å². The second-order valence-corrected chi connectivity index (χ2v) is 3.02. The van der Waals surface area contributed by atoms with Crippen molar-refractivity contribution in [2.75, 3.05) is 6.61 Å². The molecule has 0 fully saturated rings. The number of ether oxygens (including phenoxy) is 1. The Balaban J connectivity index is 4.96. The monoisotopic (exact) mass is 218 g/mol. The first-order valence-electron chi connectivity index (χ1n) is 3.75. The highest BCUT2D eigenvalue weighted by Crippen LogP contribution is 2.44. The van der Waals surface area contributed by atoms with Crippen molar-refractivity contribution in [3.05, 3.63) is 12.7 Å². The number of hydrogen-bond acceptors (Lipinski definition) is 1. The first kappa shape index (κ1) is 13.4. The van der Waals surface area contributed by atoms with E-state index in [1.807, 2.05) is 0 Å². The molecule has 0 N–H and O–H groups in total. The normalized spacial score (nSPS) is 17.6. The van der Waals surface area contributed by atoms with Crippen LogP contribution < -0.4 is 0 Å². The van der Waals surface area contributed by atoms with Gasteiger partial charge in [0.15, 0.2) is 0 Å². The minimum atomic E-state index is -5.13. The summed E-state index contributed by atoms with van der Waals surface area (Å²) in [7, 11) is 0. The molecule has 0 rings (SSSR count). The minimum absolute atomic E-state index is 0.170. The maximum absolute atomic E-state index is 12.7. The molecule has 1 atom stereocenters. The summed E-state index contributed by atoms with van der Waals surface area (Å²) in [6.07, 6.45) is -4.15. The van der Waals surface area contributed by atoms with Crippen molar-refractivity contribution >= 4 is 0 Å². The third kappa shape index (κ3) is 2.43. The first-order chi connectivity index (χ1) is 6.06. The van der Waals surface area contributed by atoms with Crippen molar-refractivity contribution in [1.29, 1.82) is 0 Å². The molecule has 0 aliphatic heterocycles. The highest BCUT2D eigenvalue weighted by Gasteiger charge is 2.65. The van der Waals surface area contributed by atoms with Gasteiger partial charge in [-0.15, -0.1) is 6.58 Å². The van der Waals surface area contributed by atoms with Crippen molar-refractivity contribution in [2.24, 2.45) is 0 Å². The summed E-state index contributed by atoms with van der Waals surface area (Å²) in [6.45, 7) is 2.99. The summed E-state index contributed by atoms with van der Waals surface area (Å²) in [5.41, 5.74) is -3.48. The standard InChI is InChI=1S/C8H11F5O/c1-4-5-14-6(2,7(3,9)10)8(11,12)13/h4H,1,5H2,2-3H3. The lowest BCUT2D eigenvalue weighted by Crippen LogP contribution is -2.57. The topological polar surface area (TPSA) is 9.23 Å². The van der Waals surface area contributed by atoms with Crippen molar-refractivity contribution in [2.45, 2.75) is 31.5 Å². The first-order valence-corrected chi connectivity index (χ1v) is 3.75. The van der Waals surface area contributed by atoms with Gasteiger partial charge >= 0.3 is 6.18 Å². The molecule has 0 aliphatic carbocycles. The van der Waals surface area contributed by atoms with Crippen LogP contribution in [0.5, 0.6) is 0 Å². The van der Waals surface area contributed by atoms with Gasteiger partial charge < -0.3 is 4.74 Å². The molecule has 0 amide bonds. The van der Waals surface area contributed by atoms with E-state index in [-0.39, 0.29) is 6.92 Å². The summed E-state index contributed by atoms with van der Waals surface area (Å²) >= 11 is 0. The molecular weight excluding hydrogens is 207 g/mol. The Bertz CT molecular complexity index is 189. The summed E-state index contributed by atoms with van der Waals surface area (Å²) in [6, 6.07) is 0. The quantitative estimate of drug-likeness (QED) is 0.520. The molecule has 84 valence electrons. The summed E-state index contributed by atoms with van der Waals surface area (Å²) < 4.78 is 66.4. The van der Waals surface area contributed by atoms with E-state index in [1.54, 1.807) is 0 Å². The molecule has 0 aromatic carbocycles. The molecule has 0 saturated heterocycles. The molecule has 0 aromatic rings. The SMILES string of the molecule is C=CCOC(C)(C(C)(F)F)C(F)(F)F. The lowest BCUT2D eigenvalue weighted by atomic mass is 9.98. The lowest BCUT2D eigenvalue weighted by molar-refractivity contribution is -0.332. The third-order valence-corrected chi connectivity index (χ3v) is 1.87. The molecule has 1 unspecified atom stereocenters. The average Bonchev–Trinajstić information content (AvgIpc) is 1.95. The number of halogens is 5. The Kier molecular flexibility index (Phi) is 3.66. The van der Waals surface area contributed by atoms with Crippen molar-refractivity contribution in [3.63, 3.8) is 0 Å². The molecule has 14 heavy (non-hydrogen) atoms. The molecule has 0 saturated carbocycles. The number of alkyl halides is 5. The van der Waals surface area contributed by atoms with E-state index < -0.39 is 24.3 Å². The second kappa shape index (κ2) is 3.84. The van der Waals surface area contributed by atoms with E-state index >= 15 is 0 Å². The summed E-state index contributed by atoms with van der Waals surface area (Å²) in [5, 5.41) is 0. The lowest BCUT2D eigenvalue weighted by Gasteiger charge is -2.36. The molecule has 6 heteroatoms. The fourth-order valence-electron chi connectivity index (χ4n) is 0.683. The fraction of sp³-hybridized carbons (Fsp3) is 0.750. The highest BCUT2D eigenvalue weighted by atomic mass is 19.4. The zero-order valence-corrected chi connectivity index (χ0v) is 7.79. The van der Waals surface area contributed by atoms with Crippen LogP contribution in [-0.4, -0.2) is 24.3 Å². The van der Waals surface area contributed by atoms with Crippen LogP contribution in [-0.2, 0) is 4.74 Å². The van der Waals surface area contributed by atoms with E-state index in [0.717, 1.165) is 6.08 Å². The molecule has 0 bridgehead atoms. The van der Waals surface area contributed by atoms with Gasteiger partial charge in [-0.05, 0) is 6.92 Å². The number of rotatable bonds is 4. The van der Waals surface area contributed by atoms with Gasteiger partial charge in [0, 0.05) is 6.92 Å². The second-order valence-electron chi connectivity index (χ2n) is 3.02. The maximum atomic E-state index is 12.7. The van der Waals surface area contributed by atoms with Gasteiger partial charge in [-0.25, -0.2) is 8.78 Å². The molecule has 0 radical (unpaired) electrons. The number of hydrogen-bond donors (Lipinski definition) is 0. The van der Waals surface area contributed by atoms with Crippen LogP contribution in [0.1, 0.15) is 13.8 Å². The van der Waals surface area contributed by atoms with Gasteiger partial charge in [0.25, 0.3) is 5.92 Å². The van der Waals surface area contributed by atoms with Crippen LogP contribution in [0.15, 0.2) is 12.7 Å². The fourth-order valence-corrected chi connectivity index (χ4v) is 0.683. The van der Waals surface area contributed by atoms with Gasteiger partial charge in [0.05, 0.1) is 6.61 Å². The Hall–Kier alpha value is -0.650. The van der Waals surface area contributed by atoms with Crippen LogP contribution >= 0.6 is 0 Å². The Morgan fingerprint density at radius 1 is 1.14 bits per heavy atom. The van der Waals surface area contributed by atoms with Crippen molar-refractivity contribution < 1.29 is 26.7 Å². The average molecular weight is 218 g/mol. The highest BCUT2D eigenvalue weighted by molar-refractivity contribution is 4.95. The maximum Gasteiger partial charge on any atom is 0.423 e. The van der Waals surface area contributed by atoms with Crippen LogP contribution in [0.3, 0.4) is 0 Å². The van der Waals surface area contributed by atoms with E-state index in [4.69, 9.17) is 0 Å². The zero-order valence-electron chi connectivity index (χ0n) is 7.79. The minimum Gasteiger partial charge on any atom is -0.356 e. The van der Waals surface area contributed by atoms with E-state index in [0.29, 0.717) is 6.92 Å². The summed E-state index contributed by atoms with van der Waals surface area (Å²) in [4.78, 5) is 0. The zero-order chi connectivity index (χ0) is 11.6. The molecule has 0 aliphatic rings. The molecular formula is C8H11F5O. The van der Waals surface area contributed by atoms with Gasteiger partial charge in [-0.3, -0.25) is 0 Å².